The van der Waals surface area contributed by atoms with Gasteiger partial charge in [0.2, 0.25) is 11.8 Å². The largest absolute Gasteiger partial charge is 0.378 e. The van der Waals surface area contributed by atoms with Gasteiger partial charge in [-0.25, -0.2) is 0 Å². The van der Waals surface area contributed by atoms with Crippen LogP contribution in [0.15, 0.2) is 0 Å². The molecule has 18 heavy (non-hydrogen) atoms. The highest BCUT2D eigenvalue weighted by molar-refractivity contribution is 6.06. The van der Waals surface area contributed by atoms with E-state index in [2.05, 4.69) is 10.6 Å². The van der Waals surface area contributed by atoms with E-state index in [-0.39, 0.29) is 36.6 Å². The van der Waals surface area contributed by atoms with E-state index in [0.29, 0.717) is 13.2 Å². The molecule has 2 rings (SSSR count). The molecule has 0 aromatic rings. The minimum Gasteiger partial charge on any atom is -0.378 e. The van der Waals surface area contributed by atoms with Gasteiger partial charge < -0.3 is 15.4 Å². The summed E-state index contributed by atoms with van der Waals surface area (Å²) >= 11 is 0. The van der Waals surface area contributed by atoms with E-state index in [1.807, 2.05) is 0 Å². The first-order valence-corrected chi connectivity index (χ1v) is 5.99. The zero-order chi connectivity index (χ0) is 13.1. The van der Waals surface area contributed by atoms with Crippen molar-refractivity contribution in [3.05, 3.63) is 0 Å². The Morgan fingerprint density at radius 1 is 1.56 bits per heavy atom. The molecule has 2 heterocycles. The third-order valence-corrected chi connectivity index (χ3v) is 3.15. The van der Waals surface area contributed by atoms with E-state index < -0.39 is 6.04 Å². The molecule has 7 nitrogen and oxygen atoms in total. The number of nitrogens with zero attached hydrogens (tertiary/aromatic N) is 1. The summed E-state index contributed by atoms with van der Waals surface area (Å²) in [6.45, 7) is 1.87. The first-order chi connectivity index (χ1) is 8.58. The zero-order valence-electron chi connectivity index (χ0n) is 10.3. The summed E-state index contributed by atoms with van der Waals surface area (Å²) in [4.78, 5) is 35.7. The molecule has 0 aliphatic carbocycles. The molecule has 100 valence electrons. The van der Waals surface area contributed by atoms with Gasteiger partial charge in [0.05, 0.1) is 19.6 Å². The van der Waals surface area contributed by atoms with Crippen molar-refractivity contribution in [3.8, 4) is 0 Å². The maximum atomic E-state index is 11.7. The minimum atomic E-state index is -0.709. The lowest BCUT2D eigenvalue weighted by Gasteiger charge is -2.23. The molecule has 2 aliphatic heterocycles. The molecular weight excluding hydrogens is 238 g/mol. The standard InChI is InChI=1S/C11H17N3O4/c1-14-10(16)5-8(11(14)17)13-9(15)4-7-6-18-3-2-12-7/h7-8,12H,2-6H2,1H3,(H,13,15). The average molecular weight is 255 g/mol. The SMILES string of the molecule is CN1C(=O)CC(NC(=O)CC2COCCN2)C1=O. The second kappa shape index (κ2) is 5.45. The lowest BCUT2D eigenvalue weighted by atomic mass is 10.1. The van der Waals surface area contributed by atoms with Crippen LogP contribution in [0.5, 0.6) is 0 Å². The Bertz CT molecular complexity index is 365. The highest BCUT2D eigenvalue weighted by Crippen LogP contribution is 2.11. The molecule has 2 atom stereocenters. The summed E-state index contributed by atoms with van der Waals surface area (Å²) in [5.41, 5.74) is 0. The molecule has 2 N–H and O–H groups in total. The summed E-state index contributed by atoms with van der Waals surface area (Å²) in [6.07, 6.45) is 0.303. The van der Waals surface area contributed by atoms with E-state index in [0.717, 1.165) is 11.4 Å². The molecular formula is C11H17N3O4. The van der Waals surface area contributed by atoms with Gasteiger partial charge in [0.25, 0.3) is 5.91 Å². The Morgan fingerprint density at radius 2 is 2.33 bits per heavy atom. The molecule has 3 amide bonds. The number of imide groups is 1. The number of morpholine rings is 1. The Morgan fingerprint density at radius 3 is 2.89 bits per heavy atom. The van der Waals surface area contributed by atoms with Gasteiger partial charge in [-0.3, -0.25) is 19.3 Å². The van der Waals surface area contributed by atoms with Crippen molar-refractivity contribution in [1.82, 2.24) is 15.5 Å². The fourth-order valence-corrected chi connectivity index (χ4v) is 2.10. The Balaban J connectivity index is 1.80. The first kappa shape index (κ1) is 13.0. The second-order valence-electron chi connectivity index (χ2n) is 4.55. The van der Waals surface area contributed by atoms with Gasteiger partial charge in [-0.2, -0.15) is 0 Å². The lowest BCUT2D eigenvalue weighted by molar-refractivity contribution is -0.138. The van der Waals surface area contributed by atoms with Crippen LogP contribution in [0.4, 0.5) is 0 Å². The van der Waals surface area contributed by atoms with Crippen LogP contribution in [-0.4, -0.2) is 61.5 Å². The number of likely N-dealkylation sites (N-methyl/N-ethyl adjacent to an activating group) is 1. The summed E-state index contributed by atoms with van der Waals surface area (Å²) in [5, 5.41) is 5.75. The molecule has 0 radical (unpaired) electrons. The smallest absolute Gasteiger partial charge is 0.252 e. The monoisotopic (exact) mass is 255 g/mol. The van der Waals surface area contributed by atoms with Crippen LogP contribution in [0.3, 0.4) is 0 Å². The number of likely N-dealkylation sites (tertiary alicyclic amines) is 1. The van der Waals surface area contributed by atoms with Crippen molar-refractivity contribution in [3.63, 3.8) is 0 Å². The van der Waals surface area contributed by atoms with Crippen LogP contribution in [0.1, 0.15) is 12.8 Å². The normalized spacial score (nSPS) is 28.6. The van der Waals surface area contributed by atoms with Crippen molar-refractivity contribution in [2.24, 2.45) is 0 Å². The molecule has 0 aromatic carbocycles. The molecule has 2 saturated heterocycles. The molecule has 2 fully saturated rings. The third kappa shape index (κ3) is 2.85. The molecule has 0 spiro atoms. The number of rotatable bonds is 3. The van der Waals surface area contributed by atoms with Crippen LogP contribution in [-0.2, 0) is 19.1 Å². The second-order valence-corrected chi connectivity index (χ2v) is 4.55. The van der Waals surface area contributed by atoms with Crippen molar-refractivity contribution in [2.45, 2.75) is 24.9 Å². The van der Waals surface area contributed by atoms with Gasteiger partial charge in [-0.15, -0.1) is 0 Å². The van der Waals surface area contributed by atoms with E-state index in [1.165, 1.54) is 7.05 Å². The van der Waals surface area contributed by atoms with Crippen LogP contribution < -0.4 is 10.6 Å². The Labute approximate surface area is 105 Å². The summed E-state index contributed by atoms with van der Waals surface area (Å²) in [5.74, 6) is -0.843. The maximum Gasteiger partial charge on any atom is 0.252 e. The molecule has 0 aromatic heterocycles. The number of hydrogen-bond acceptors (Lipinski definition) is 5. The zero-order valence-corrected chi connectivity index (χ0v) is 10.3. The highest BCUT2D eigenvalue weighted by atomic mass is 16.5. The Kier molecular flexibility index (Phi) is 3.93. The van der Waals surface area contributed by atoms with E-state index in [9.17, 15) is 14.4 Å². The Hall–Kier alpha value is -1.47. The lowest BCUT2D eigenvalue weighted by Crippen LogP contribution is -2.47. The number of carbonyl (C=O) groups excluding carboxylic acids is 3. The molecule has 2 aliphatic rings. The van der Waals surface area contributed by atoms with Crippen molar-refractivity contribution in [2.75, 3.05) is 26.8 Å². The topological polar surface area (TPSA) is 87.7 Å². The van der Waals surface area contributed by atoms with Crippen LogP contribution in [0.2, 0.25) is 0 Å². The van der Waals surface area contributed by atoms with Gasteiger partial charge >= 0.3 is 0 Å². The molecule has 7 heteroatoms. The van der Waals surface area contributed by atoms with E-state index >= 15 is 0 Å². The quantitative estimate of drug-likeness (QED) is 0.583. The number of amides is 3. The van der Waals surface area contributed by atoms with Crippen molar-refractivity contribution < 1.29 is 19.1 Å². The van der Waals surface area contributed by atoms with Gasteiger partial charge in [-0.05, 0) is 0 Å². The molecule has 2 unspecified atom stereocenters. The predicted octanol–water partition coefficient (Wildman–Crippen LogP) is -1.76. The number of hydrogen-bond donors (Lipinski definition) is 2. The summed E-state index contributed by atoms with van der Waals surface area (Å²) < 4.78 is 5.24. The minimum absolute atomic E-state index is 0.0244. The van der Waals surface area contributed by atoms with Gasteiger partial charge in [-0.1, -0.05) is 0 Å². The number of ether oxygens (including phenoxy) is 1. The van der Waals surface area contributed by atoms with Crippen molar-refractivity contribution in [1.29, 1.82) is 0 Å². The van der Waals surface area contributed by atoms with Gasteiger partial charge in [0.15, 0.2) is 0 Å². The number of carbonyl (C=O) groups is 3. The summed E-state index contributed by atoms with van der Waals surface area (Å²) in [7, 11) is 1.42. The average Bonchev–Trinajstić information content (AvgIpc) is 2.58. The van der Waals surface area contributed by atoms with E-state index in [4.69, 9.17) is 4.74 Å². The van der Waals surface area contributed by atoms with Gasteiger partial charge in [0, 0.05) is 26.1 Å². The van der Waals surface area contributed by atoms with Crippen molar-refractivity contribution >= 4 is 17.7 Å². The number of nitrogens with one attached hydrogen (secondary N) is 2. The molecule has 0 saturated carbocycles. The fourth-order valence-electron chi connectivity index (χ4n) is 2.10. The highest BCUT2D eigenvalue weighted by Gasteiger charge is 2.37. The van der Waals surface area contributed by atoms with Crippen LogP contribution >= 0.6 is 0 Å². The third-order valence-electron chi connectivity index (χ3n) is 3.15. The maximum absolute atomic E-state index is 11.7. The predicted molar refractivity (Wildman–Crippen MR) is 61.6 cm³/mol. The summed E-state index contributed by atoms with van der Waals surface area (Å²) in [6, 6.07) is -0.733. The van der Waals surface area contributed by atoms with E-state index in [1.54, 1.807) is 0 Å². The fraction of sp³-hybridized carbons (Fsp3) is 0.727. The molecule has 0 bridgehead atoms. The van der Waals surface area contributed by atoms with Gasteiger partial charge in [0.1, 0.15) is 6.04 Å². The van der Waals surface area contributed by atoms with Crippen LogP contribution in [0.25, 0.3) is 0 Å². The first-order valence-electron chi connectivity index (χ1n) is 5.99. The van der Waals surface area contributed by atoms with Crippen LogP contribution in [0, 0.1) is 0 Å².